The van der Waals surface area contributed by atoms with E-state index in [4.69, 9.17) is 0 Å². The van der Waals surface area contributed by atoms with Crippen LogP contribution < -0.4 is 5.32 Å². The third-order valence-electron chi connectivity index (χ3n) is 3.87. The second-order valence-electron chi connectivity index (χ2n) is 5.35. The second kappa shape index (κ2) is 5.70. The van der Waals surface area contributed by atoms with Gasteiger partial charge < -0.3 is 10.4 Å². The SMILES string of the molecule is OCc1cnc2c(NCc3ccccc3)nc3ccccc3n12. The highest BCUT2D eigenvalue weighted by molar-refractivity contribution is 5.83. The third-order valence-corrected chi connectivity index (χ3v) is 3.87. The molecular weight excluding hydrogens is 288 g/mol. The number of para-hydroxylation sites is 2. The smallest absolute Gasteiger partial charge is 0.180 e. The molecule has 2 aromatic carbocycles. The number of imidazole rings is 1. The Balaban J connectivity index is 1.83. The van der Waals surface area contributed by atoms with Crippen molar-refractivity contribution in [3.63, 3.8) is 0 Å². The normalized spacial score (nSPS) is 11.2. The van der Waals surface area contributed by atoms with E-state index >= 15 is 0 Å². The summed E-state index contributed by atoms with van der Waals surface area (Å²) in [5.74, 6) is 0.715. The average Bonchev–Trinajstić information content (AvgIpc) is 3.05. The maximum atomic E-state index is 9.58. The minimum Gasteiger partial charge on any atom is -0.390 e. The molecule has 0 aliphatic rings. The van der Waals surface area contributed by atoms with Gasteiger partial charge in [-0.25, -0.2) is 9.97 Å². The highest BCUT2D eigenvalue weighted by Gasteiger charge is 2.12. The first-order valence-corrected chi connectivity index (χ1v) is 7.50. The number of benzene rings is 2. The van der Waals surface area contributed by atoms with Crippen molar-refractivity contribution in [2.24, 2.45) is 0 Å². The molecular formula is C18H16N4O. The van der Waals surface area contributed by atoms with Gasteiger partial charge in [-0.3, -0.25) is 4.40 Å². The number of hydrogen-bond acceptors (Lipinski definition) is 4. The van der Waals surface area contributed by atoms with Crippen LogP contribution in [-0.2, 0) is 13.2 Å². The molecule has 0 saturated carbocycles. The summed E-state index contributed by atoms with van der Waals surface area (Å²) in [7, 11) is 0. The summed E-state index contributed by atoms with van der Waals surface area (Å²) in [6, 6.07) is 18.0. The number of aliphatic hydroxyl groups excluding tert-OH is 1. The Hall–Kier alpha value is -2.92. The summed E-state index contributed by atoms with van der Waals surface area (Å²) in [6.07, 6.45) is 1.69. The molecule has 0 aliphatic heterocycles. The lowest BCUT2D eigenvalue weighted by molar-refractivity contribution is 0.276. The van der Waals surface area contributed by atoms with Crippen LogP contribution in [0.4, 0.5) is 5.82 Å². The molecule has 2 N–H and O–H groups in total. The maximum absolute atomic E-state index is 9.58. The molecule has 0 fully saturated rings. The van der Waals surface area contributed by atoms with Crippen LogP contribution in [0.25, 0.3) is 16.7 Å². The molecule has 0 unspecified atom stereocenters. The van der Waals surface area contributed by atoms with E-state index in [9.17, 15) is 5.11 Å². The fraction of sp³-hybridized carbons (Fsp3) is 0.111. The predicted octanol–water partition coefficient (Wildman–Crippen LogP) is 2.99. The van der Waals surface area contributed by atoms with Crippen LogP contribution in [0.3, 0.4) is 0 Å². The van der Waals surface area contributed by atoms with E-state index in [-0.39, 0.29) is 6.61 Å². The van der Waals surface area contributed by atoms with Gasteiger partial charge in [-0.1, -0.05) is 42.5 Å². The largest absolute Gasteiger partial charge is 0.390 e. The number of rotatable bonds is 4. The standard InChI is InChI=1S/C18H16N4O/c23-12-14-11-20-18-17(19-10-13-6-2-1-3-7-13)21-15-8-4-5-9-16(15)22(14)18/h1-9,11,23H,10,12H2,(H,19,21). The van der Waals surface area contributed by atoms with Gasteiger partial charge in [-0.15, -0.1) is 0 Å². The molecule has 5 nitrogen and oxygen atoms in total. The Kier molecular flexibility index (Phi) is 3.40. The number of fused-ring (bicyclic) bond motifs is 3. The van der Waals surface area contributed by atoms with Crippen LogP contribution in [-0.4, -0.2) is 19.5 Å². The van der Waals surface area contributed by atoms with E-state index < -0.39 is 0 Å². The molecule has 2 heterocycles. The van der Waals surface area contributed by atoms with E-state index in [1.54, 1.807) is 6.20 Å². The topological polar surface area (TPSA) is 62.5 Å². The minimum absolute atomic E-state index is 0.0622. The molecule has 0 atom stereocenters. The van der Waals surface area contributed by atoms with Gasteiger partial charge in [0.15, 0.2) is 11.5 Å². The Labute approximate surface area is 133 Å². The van der Waals surface area contributed by atoms with Crippen molar-refractivity contribution in [1.82, 2.24) is 14.4 Å². The van der Waals surface area contributed by atoms with Gasteiger partial charge in [-0.05, 0) is 17.7 Å². The zero-order valence-corrected chi connectivity index (χ0v) is 12.5. The fourth-order valence-electron chi connectivity index (χ4n) is 2.75. The van der Waals surface area contributed by atoms with Crippen LogP contribution >= 0.6 is 0 Å². The lowest BCUT2D eigenvalue weighted by Gasteiger charge is -2.11. The van der Waals surface area contributed by atoms with Crippen molar-refractivity contribution in [1.29, 1.82) is 0 Å². The molecule has 0 spiro atoms. The summed E-state index contributed by atoms with van der Waals surface area (Å²) < 4.78 is 1.95. The number of aromatic nitrogens is 3. The van der Waals surface area contributed by atoms with Crippen LogP contribution in [0.15, 0.2) is 60.8 Å². The Bertz CT molecular complexity index is 963. The zero-order valence-electron chi connectivity index (χ0n) is 12.5. The van der Waals surface area contributed by atoms with Crippen LogP contribution in [0, 0.1) is 0 Å². The van der Waals surface area contributed by atoms with Crippen LogP contribution in [0.2, 0.25) is 0 Å². The summed E-state index contributed by atoms with van der Waals surface area (Å²) >= 11 is 0. The minimum atomic E-state index is -0.0622. The van der Waals surface area contributed by atoms with E-state index in [2.05, 4.69) is 27.4 Å². The summed E-state index contributed by atoms with van der Waals surface area (Å²) in [5.41, 5.74) is 4.46. The second-order valence-corrected chi connectivity index (χ2v) is 5.35. The van der Waals surface area contributed by atoms with Gasteiger partial charge in [0.2, 0.25) is 0 Å². The quantitative estimate of drug-likeness (QED) is 0.608. The molecule has 2 aromatic heterocycles. The van der Waals surface area contributed by atoms with Crippen LogP contribution in [0.1, 0.15) is 11.3 Å². The lowest BCUT2D eigenvalue weighted by Crippen LogP contribution is -2.05. The predicted molar refractivity (Wildman–Crippen MR) is 90.2 cm³/mol. The van der Waals surface area contributed by atoms with Crippen molar-refractivity contribution >= 4 is 22.5 Å². The number of anilines is 1. The van der Waals surface area contributed by atoms with E-state index in [0.29, 0.717) is 12.4 Å². The molecule has 0 bridgehead atoms. The molecule has 0 radical (unpaired) electrons. The molecule has 23 heavy (non-hydrogen) atoms. The van der Waals surface area contributed by atoms with Gasteiger partial charge >= 0.3 is 0 Å². The number of hydrogen-bond donors (Lipinski definition) is 2. The van der Waals surface area contributed by atoms with Crippen molar-refractivity contribution in [2.75, 3.05) is 5.32 Å². The lowest BCUT2D eigenvalue weighted by atomic mass is 10.2. The maximum Gasteiger partial charge on any atom is 0.180 e. The monoisotopic (exact) mass is 304 g/mol. The first kappa shape index (κ1) is 13.7. The van der Waals surface area contributed by atoms with Gasteiger partial charge in [0, 0.05) is 6.54 Å². The molecule has 0 aliphatic carbocycles. The van der Waals surface area contributed by atoms with E-state index in [0.717, 1.165) is 22.4 Å². The Morgan fingerprint density at radius 3 is 2.61 bits per heavy atom. The first-order chi connectivity index (χ1) is 11.4. The van der Waals surface area contributed by atoms with Gasteiger partial charge in [0.1, 0.15) is 0 Å². The highest BCUT2D eigenvalue weighted by Crippen LogP contribution is 2.23. The number of nitrogens with zero attached hydrogens (tertiary/aromatic N) is 3. The summed E-state index contributed by atoms with van der Waals surface area (Å²) in [5, 5.41) is 12.9. The molecule has 0 saturated heterocycles. The van der Waals surface area contributed by atoms with Crippen molar-refractivity contribution in [3.05, 3.63) is 72.1 Å². The Morgan fingerprint density at radius 1 is 1.00 bits per heavy atom. The molecule has 114 valence electrons. The molecule has 5 heteroatoms. The fourth-order valence-corrected chi connectivity index (χ4v) is 2.75. The number of nitrogens with one attached hydrogen (secondary N) is 1. The van der Waals surface area contributed by atoms with E-state index in [1.165, 1.54) is 5.56 Å². The first-order valence-electron chi connectivity index (χ1n) is 7.50. The van der Waals surface area contributed by atoms with Crippen molar-refractivity contribution < 1.29 is 5.11 Å². The average molecular weight is 304 g/mol. The third kappa shape index (κ3) is 2.41. The highest BCUT2D eigenvalue weighted by atomic mass is 16.3. The van der Waals surface area contributed by atoms with Crippen molar-refractivity contribution in [2.45, 2.75) is 13.2 Å². The Morgan fingerprint density at radius 2 is 1.78 bits per heavy atom. The molecule has 4 aromatic rings. The van der Waals surface area contributed by atoms with Crippen LogP contribution in [0.5, 0.6) is 0 Å². The molecule has 0 amide bonds. The molecule has 4 rings (SSSR count). The summed E-state index contributed by atoms with van der Waals surface area (Å²) in [6.45, 7) is 0.608. The summed E-state index contributed by atoms with van der Waals surface area (Å²) in [4.78, 5) is 9.12. The van der Waals surface area contributed by atoms with E-state index in [1.807, 2.05) is 46.9 Å². The van der Waals surface area contributed by atoms with Gasteiger partial charge in [-0.2, -0.15) is 0 Å². The van der Waals surface area contributed by atoms with Gasteiger partial charge in [0.25, 0.3) is 0 Å². The van der Waals surface area contributed by atoms with Gasteiger partial charge in [0.05, 0.1) is 29.5 Å². The van der Waals surface area contributed by atoms with Crippen molar-refractivity contribution in [3.8, 4) is 0 Å². The number of aliphatic hydroxyl groups is 1. The zero-order chi connectivity index (χ0) is 15.6.